The van der Waals surface area contributed by atoms with Crippen molar-refractivity contribution in [3.63, 3.8) is 0 Å². The average molecular weight is 282 g/mol. The molecule has 0 atom stereocenters. The molecule has 4 nitrogen and oxygen atoms in total. The summed E-state index contributed by atoms with van der Waals surface area (Å²) in [6, 6.07) is 13.0. The molecular weight excluding hydrogens is 268 g/mol. The fraction of sp³-hybridized carbons (Fsp3) is 0.118. The van der Waals surface area contributed by atoms with E-state index in [-0.39, 0.29) is 12.6 Å². The molecule has 0 amide bonds. The smallest absolute Gasteiger partial charge is 0.231 e. The van der Waals surface area contributed by atoms with Crippen LogP contribution in [0.5, 0.6) is 17.2 Å². The van der Waals surface area contributed by atoms with Gasteiger partial charge in [0.25, 0.3) is 0 Å². The zero-order valence-corrected chi connectivity index (χ0v) is 11.5. The first-order valence-corrected chi connectivity index (χ1v) is 6.53. The van der Waals surface area contributed by atoms with Crippen molar-refractivity contribution >= 4 is 11.9 Å². The lowest BCUT2D eigenvalue weighted by Crippen LogP contribution is -1.99. The van der Waals surface area contributed by atoms with Crippen LogP contribution >= 0.6 is 0 Å². The first-order chi connectivity index (χ1) is 10.3. The summed E-state index contributed by atoms with van der Waals surface area (Å²) in [6.07, 6.45) is 3.29. The Bertz CT molecular complexity index is 689. The summed E-state index contributed by atoms with van der Waals surface area (Å²) in [6.45, 7) is 0.163. The van der Waals surface area contributed by atoms with Gasteiger partial charge in [-0.3, -0.25) is 4.79 Å². The summed E-state index contributed by atoms with van der Waals surface area (Å²) in [5.74, 6) is 1.48. The average Bonchev–Trinajstić information content (AvgIpc) is 2.99. The molecule has 0 spiro atoms. The van der Waals surface area contributed by atoms with E-state index >= 15 is 0 Å². The first kappa shape index (κ1) is 13.2. The number of carbonyl (C=O) groups is 1. The van der Waals surface area contributed by atoms with Gasteiger partial charge in [-0.05, 0) is 17.7 Å². The standard InChI is InChI=1S/C17H14O4/c1-19-15-10-17-16(20-11-21-17)9-13(15)14(18)8-7-12-5-3-2-4-6-12/h2-10H,11H2,1H3/b8-7+. The van der Waals surface area contributed by atoms with Crippen molar-refractivity contribution in [3.8, 4) is 17.2 Å². The summed E-state index contributed by atoms with van der Waals surface area (Å²) in [7, 11) is 1.52. The van der Waals surface area contributed by atoms with Crippen LogP contribution in [0.1, 0.15) is 15.9 Å². The molecule has 2 aromatic carbocycles. The molecule has 0 saturated carbocycles. The van der Waals surface area contributed by atoms with Gasteiger partial charge in [-0.15, -0.1) is 0 Å². The zero-order valence-electron chi connectivity index (χ0n) is 11.5. The van der Waals surface area contributed by atoms with Crippen molar-refractivity contribution in [1.82, 2.24) is 0 Å². The minimum absolute atomic E-state index is 0.144. The highest BCUT2D eigenvalue weighted by Gasteiger charge is 2.20. The van der Waals surface area contributed by atoms with Gasteiger partial charge in [0.05, 0.1) is 12.7 Å². The Morgan fingerprint density at radius 2 is 1.86 bits per heavy atom. The third-order valence-electron chi connectivity index (χ3n) is 3.19. The molecule has 0 aromatic heterocycles. The number of ether oxygens (including phenoxy) is 3. The minimum Gasteiger partial charge on any atom is -0.496 e. The van der Waals surface area contributed by atoms with Gasteiger partial charge in [0.2, 0.25) is 6.79 Å². The predicted octanol–water partition coefficient (Wildman–Crippen LogP) is 3.32. The van der Waals surface area contributed by atoms with E-state index in [1.807, 2.05) is 30.3 Å². The van der Waals surface area contributed by atoms with Crippen molar-refractivity contribution in [2.24, 2.45) is 0 Å². The number of carbonyl (C=O) groups excluding carboxylic acids is 1. The van der Waals surface area contributed by atoms with Gasteiger partial charge < -0.3 is 14.2 Å². The molecule has 1 aliphatic rings. The van der Waals surface area contributed by atoms with E-state index in [1.54, 1.807) is 18.2 Å². The van der Waals surface area contributed by atoms with Gasteiger partial charge in [0.1, 0.15) is 5.75 Å². The molecule has 0 radical (unpaired) electrons. The largest absolute Gasteiger partial charge is 0.496 e. The van der Waals surface area contributed by atoms with Crippen LogP contribution in [0.4, 0.5) is 0 Å². The Morgan fingerprint density at radius 3 is 2.57 bits per heavy atom. The van der Waals surface area contributed by atoms with Crippen LogP contribution in [0.3, 0.4) is 0 Å². The molecule has 4 heteroatoms. The molecule has 0 bridgehead atoms. The topological polar surface area (TPSA) is 44.8 Å². The number of benzene rings is 2. The highest BCUT2D eigenvalue weighted by atomic mass is 16.7. The molecule has 0 N–H and O–H groups in total. The van der Waals surface area contributed by atoms with Gasteiger partial charge in [0.15, 0.2) is 17.3 Å². The van der Waals surface area contributed by atoms with Crippen molar-refractivity contribution in [1.29, 1.82) is 0 Å². The second kappa shape index (κ2) is 5.71. The Kier molecular flexibility index (Phi) is 3.60. The van der Waals surface area contributed by atoms with Gasteiger partial charge in [0, 0.05) is 6.07 Å². The molecule has 0 aliphatic carbocycles. The van der Waals surface area contributed by atoms with E-state index in [1.165, 1.54) is 13.2 Å². The minimum atomic E-state index is -0.144. The summed E-state index contributed by atoms with van der Waals surface area (Å²) < 4.78 is 15.8. The second-order valence-corrected chi connectivity index (χ2v) is 4.51. The van der Waals surface area contributed by atoms with E-state index < -0.39 is 0 Å². The Morgan fingerprint density at radius 1 is 1.14 bits per heavy atom. The number of hydrogen-bond donors (Lipinski definition) is 0. The van der Waals surface area contributed by atoms with E-state index in [9.17, 15) is 4.79 Å². The maximum absolute atomic E-state index is 12.3. The second-order valence-electron chi connectivity index (χ2n) is 4.51. The van der Waals surface area contributed by atoms with E-state index in [0.717, 1.165) is 5.56 Å². The summed E-state index contributed by atoms with van der Waals surface area (Å²) in [5.41, 5.74) is 1.42. The van der Waals surface area contributed by atoms with E-state index in [4.69, 9.17) is 14.2 Å². The van der Waals surface area contributed by atoms with Crippen LogP contribution in [0, 0.1) is 0 Å². The molecular formula is C17H14O4. The number of fused-ring (bicyclic) bond motifs is 1. The van der Waals surface area contributed by atoms with Crippen LogP contribution in [0.25, 0.3) is 6.08 Å². The van der Waals surface area contributed by atoms with Crippen LogP contribution in [0.2, 0.25) is 0 Å². The van der Waals surface area contributed by atoms with Crippen molar-refractivity contribution < 1.29 is 19.0 Å². The number of hydrogen-bond acceptors (Lipinski definition) is 4. The lowest BCUT2D eigenvalue weighted by atomic mass is 10.1. The fourth-order valence-electron chi connectivity index (χ4n) is 2.11. The third-order valence-corrected chi connectivity index (χ3v) is 3.19. The Balaban J connectivity index is 1.89. The van der Waals surface area contributed by atoms with Crippen LogP contribution in [-0.2, 0) is 0 Å². The zero-order chi connectivity index (χ0) is 14.7. The van der Waals surface area contributed by atoms with Gasteiger partial charge in [-0.25, -0.2) is 0 Å². The van der Waals surface area contributed by atoms with E-state index in [2.05, 4.69) is 0 Å². The molecule has 1 heterocycles. The van der Waals surface area contributed by atoms with Crippen LogP contribution < -0.4 is 14.2 Å². The molecule has 3 rings (SSSR count). The summed E-state index contributed by atoms with van der Waals surface area (Å²) in [4.78, 5) is 12.3. The molecule has 21 heavy (non-hydrogen) atoms. The number of allylic oxidation sites excluding steroid dienone is 1. The Labute approximate surface area is 122 Å². The first-order valence-electron chi connectivity index (χ1n) is 6.53. The molecule has 0 fully saturated rings. The normalized spacial score (nSPS) is 12.6. The number of ketones is 1. The molecule has 106 valence electrons. The third kappa shape index (κ3) is 2.74. The number of rotatable bonds is 4. The highest BCUT2D eigenvalue weighted by molar-refractivity contribution is 6.09. The fourth-order valence-corrected chi connectivity index (χ4v) is 2.11. The van der Waals surface area contributed by atoms with Crippen molar-refractivity contribution in [3.05, 3.63) is 59.7 Å². The van der Waals surface area contributed by atoms with Crippen LogP contribution in [-0.4, -0.2) is 19.7 Å². The molecule has 1 aliphatic heterocycles. The monoisotopic (exact) mass is 282 g/mol. The molecule has 0 saturated heterocycles. The maximum atomic E-state index is 12.3. The number of methoxy groups -OCH3 is 1. The highest BCUT2D eigenvalue weighted by Crippen LogP contribution is 2.38. The van der Waals surface area contributed by atoms with Crippen molar-refractivity contribution in [2.45, 2.75) is 0 Å². The van der Waals surface area contributed by atoms with Gasteiger partial charge >= 0.3 is 0 Å². The summed E-state index contributed by atoms with van der Waals surface area (Å²) >= 11 is 0. The SMILES string of the molecule is COc1cc2c(cc1C(=O)/C=C/c1ccccc1)OCO2. The maximum Gasteiger partial charge on any atom is 0.231 e. The lowest BCUT2D eigenvalue weighted by molar-refractivity contribution is 0.104. The quantitative estimate of drug-likeness (QED) is 0.637. The van der Waals surface area contributed by atoms with Crippen LogP contribution in [0.15, 0.2) is 48.5 Å². The molecule has 2 aromatic rings. The van der Waals surface area contributed by atoms with Gasteiger partial charge in [-0.1, -0.05) is 36.4 Å². The van der Waals surface area contributed by atoms with E-state index in [0.29, 0.717) is 22.8 Å². The molecule has 0 unspecified atom stereocenters. The van der Waals surface area contributed by atoms with Crippen molar-refractivity contribution in [2.75, 3.05) is 13.9 Å². The lowest BCUT2D eigenvalue weighted by Gasteiger charge is -2.07. The van der Waals surface area contributed by atoms with Gasteiger partial charge in [-0.2, -0.15) is 0 Å². The Hall–Kier alpha value is -2.75. The summed E-state index contributed by atoms with van der Waals surface area (Å²) in [5, 5.41) is 0. The predicted molar refractivity (Wildman–Crippen MR) is 78.9 cm³/mol.